The van der Waals surface area contributed by atoms with E-state index < -0.39 is 5.60 Å². The Morgan fingerprint density at radius 1 is 1.03 bits per heavy atom. The zero-order chi connectivity index (χ0) is 23.6. The van der Waals surface area contributed by atoms with Crippen LogP contribution in [-0.4, -0.2) is 48.3 Å². The van der Waals surface area contributed by atoms with Crippen molar-refractivity contribution in [2.75, 3.05) is 38.2 Å². The van der Waals surface area contributed by atoms with E-state index in [-0.39, 0.29) is 6.04 Å². The second-order valence-corrected chi connectivity index (χ2v) is 9.73. The second kappa shape index (κ2) is 10.1. The van der Waals surface area contributed by atoms with Crippen LogP contribution in [0.4, 0.5) is 5.69 Å². The molecule has 0 unspecified atom stereocenters. The highest BCUT2D eigenvalue weighted by molar-refractivity contribution is 6.36. The summed E-state index contributed by atoms with van der Waals surface area (Å²) in [5, 5.41) is 13.2. The monoisotopic (exact) mass is 505 g/mol. The zero-order valence-corrected chi connectivity index (χ0v) is 20.8. The second-order valence-electron chi connectivity index (χ2n) is 8.45. The first-order valence-electron chi connectivity index (χ1n) is 10.7. The molecule has 1 fully saturated rings. The van der Waals surface area contributed by atoms with Crippen molar-refractivity contribution < 1.29 is 9.84 Å². The van der Waals surface area contributed by atoms with Crippen LogP contribution in [0.5, 0.6) is 5.88 Å². The highest BCUT2D eigenvalue weighted by atomic mass is 35.5. The van der Waals surface area contributed by atoms with E-state index in [0.717, 1.165) is 29.9 Å². The third-order valence-corrected chi connectivity index (χ3v) is 6.83. The lowest BCUT2D eigenvalue weighted by atomic mass is 9.94. The average Bonchev–Trinajstić information content (AvgIpc) is 2.80. The first kappa shape index (κ1) is 24.1. The van der Waals surface area contributed by atoms with Crippen molar-refractivity contribution in [2.24, 2.45) is 0 Å². The first-order valence-corrected chi connectivity index (χ1v) is 11.8. The number of piperazine rings is 1. The highest BCUT2D eigenvalue weighted by Crippen LogP contribution is 2.37. The van der Waals surface area contributed by atoms with Crippen LogP contribution in [0.1, 0.15) is 24.1 Å². The van der Waals surface area contributed by atoms with E-state index in [1.54, 1.807) is 25.4 Å². The molecule has 0 spiro atoms. The van der Waals surface area contributed by atoms with Crippen molar-refractivity contribution in [1.82, 2.24) is 9.88 Å². The zero-order valence-electron chi connectivity index (χ0n) is 18.5. The van der Waals surface area contributed by atoms with Crippen molar-refractivity contribution >= 4 is 40.5 Å². The number of anilines is 1. The number of rotatable bonds is 6. The largest absolute Gasteiger partial charge is 0.481 e. The summed E-state index contributed by atoms with van der Waals surface area (Å²) >= 11 is 18.9. The molecule has 0 aliphatic carbocycles. The van der Waals surface area contributed by atoms with Gasteiger partial charge in [0.05, 0.1) is 29.5 Å². The molecule has 1 aliphatic rings. The molecule has 33 heavy (non-hydrogen) atoms. The number of benzene rings is 2. The number of halogens is 3. The minimum atomic E-state index is -1.07. The molecule has 174 valence electrons. The maximum atomic E-state index is 11.3. The molecule has 2 atom stereocenters. The molecule has 2 aromatic carbocycles. The molecule has 0 bridgehead atoms. The Bertz CT molecular complexity index is 1110. The molecular formula is C25H26Cl3N3O2. The quantitative estimate of drug-likeness (QED) is 0.456. The van der Waals surface area contributed by atoms with Crippen LogP contribution in [0, 0.1) is 0 Å². The lowest BCUT2D eigenvalue weighted by molar-refractivity contribution is 0.0100. The highest BCUT2D eigenvalue weighted by Gasteiger charge is 2.34. The molecule has 8 heteroatoms. The molecule has 0 amide bonds. The van der Waals surface area contributed by atoms with Crippen LogP contribution in [0.2, 0.25) is 15.1 Å². The predicted octanol–water partition coefficient (Wildman–Crippen LogP) is 5.82. The van der Waals surface area contributed by atoms with Gasteiger partial charge in [-0.05, 0) is 54.4 Å². The lowest BCUT2D eigenvalue weighted by Crippen LogP contribution is -2.52. The summed E-state index contributed by atoms with van der Waals surface area (Å²) in [5.74, 6) is 0.481. The number of pyridine rings is 1. The van der Waals surface area contributed by atoms with Gasteiger partial charge >= 0.3 is 0 Å². The Labute approximate surface area is 209 Å². The van der Waals surface area contributed by atoms with Crippen molar-refractivity contribution in [3.05, 3.63) is 87.0 Å². The molecule has 1 saturated heterocycles. The summed E-state index contributed by atoms with van der Waals surface area (Å²) in [5.41, 5.74) is 1.76. The van der Waals surface area contributed by atoms with E-state index in [2.05, 4.69) is 14.8 Å². The van der Waals surface area contributed by atoms with Crippen molar-refractivity contribution in [2.45, 2.75) is 18.6 Å². The summed E-state index contributed by atoms with van der Waals surface area (Å²) in [4.78, 5) is 8.71. The predicted molar refractivity (Wildman–Crippen MR) is 135 cm³/mol. The lowest BCUT2D eigenvalue weighted by Gasteiger charge is -2.45. The van der Waals surface area contributed by atoms with Crippen molar-refractivity contribution in [3.63, 3.8) is 0 Å². The van der Waals surface area contributed by atoms with Crippen LogP contribution in [0.25, 0.3) is 0 Å². The third-order valence-electron chi connectivity index (χ3n) is 6.04. The van der Waals surface area contributed by atoms with E-state index in [0.29, 0.717) is 34.0 Å². The normalized spacial score (nSPS) is 18.7. The summed E-state index contributed by atoms with van der Waals surface area (Å²) in [6.07, 6.45) is 1.65. The molecule has 1 aliphatic heterocycles. The molecule has 0 radical (unpaired) electrons. The van der Waals surface area contributed by atoms with Gasteiger partial charge in [-0.25, -0.2) is 4.98 Å². The summed E-state index contributed by atoms with van der Waals surface area (Å²) < 4.78 is 5.23. The van der Waals surface area contributed by atoms with Crippen LogP contribution in [-0.2, 0) is 5.60 Å². The summed E-state index contributed by atoms with van der Waals surface area (Å²) in [6, 6.07) is 17.1. The molecule has 1 N–H and O–H groups in total. The minimum Gasteiger partial charge on any atom is -0.481 e. The Hall–Kier alpha value is -2.02. The number of ether oxygens (including phenoxy) is 1. The van der Waals surface area contributed by atoms with Gasteiger partial charge in [0, 0.05) is 48.5 Å². The van der Waals surface area contributed by atoms with Crippen LogP contribution in [0.15, 0.2) is 60.8 Å². The van der Waals surface area contributed by atoms with Gasteiger partial charge in [-0.3, -0.25) is 4.90 Å². The Morgan fingerprint density at radius 3 is 2.45 bits per heavy atom. The molecule has 1 aromatic heterocycles. The number of hydrogen-bond donors (Lipinski definition) is 1. The van der Waals surface area contributed by atoms with Gasteiger partial charge < -0.3 is 14.7 Å². The molecule has 0 saturated carbocycles. The molecular weight excluding hydrogens is 481 g/mol. The molecule has 2 heterocycles. The van der Waals surface area contributed by atoms with E-state index >= 15 is 0 Å². The fraction of sp³-hybridized carbons (Fsp3) is 0.320. The Balaban J connectivity index is 1.61. The van der Waals surface area contributed by atoms with E-state index in [4.69, 9.17) is 39.5 Å². The van der Waals surface area contributed by atoms with Gasteiger partial charge in [0.15, 0.2) is 0 Å². The maximum Gasteiger partial charge on any atom is 0.213 e. The number of hydrogen-bond acceptors (Lipinski definition) is 5. The van der Waals surface area contributed by atoms with Crippen LogP contribution in [0.3, 0.4) is 0 Å². The number of nitrogens with zero attached hydrogens (tertiary/aromatic N) is 3. The van der Waals surface area contributed by atoms with E-state index in [1.807, 2.05) is 49.4 Å². The van der Waals surface area contributed by atoms with Gasteiger partial charge in [-0.15, -0.1) is 0 Å². The van der Waals surface area contributed by atoms with Crippen LogP contribution >= 0.6 is 34.8 Å². The van der Waals surface area contributed by atoms with Gasteiger partial charge in [-0.2, -0.15) is 0 Å². The maximum absolute atomic E-state index is 11.3. The first-order chi connectivity index (χ1) is 15.8. The number of methoxy groups -OCH3 is 1. The van der Waals surface area contributed by atoms with Gasteiger partial charge in [0.2, 0.25) is 5.88 Å². The van der Waals surface area contributed by atoms with Gasteiger partial charge in [0.1, 0.15) is 0 Å². The Kier molecular flexibility index (Phi) is 7.37. The Morgan fingerprint density at radius 2 is 1.76 bits per heavy atom. The number of β-amino-alcohol motifs (C(OH)–C–C–N with tert-alkyl or cyclic N) is 1. The fourth-order valence-electron chi connectivity index (χ4n) is 4.34. The van der Waals surface area contributed by atoms with Crippen LogP contribution < -0.4 is 9.64 Å². The third kappa shape index (κ3) is 5.56. The molecule has 3 aromatic rings. The number of aromatic nitrogens is 1. The van der Waals surface area contributed by atoms with Gasteiger partial charge in [0.25, 0.3) is 0 Å². The van der Waals surface area contributed by atoms with E-state index in [1.165, 1.54) is 0 Å². The topological polar surface area (TPSA) is 48.8 Å². The van der Waals surface area contributed by atoms with Crippen molar-refractivity contribution in [1.29, 1.82) is 0 Å². The minimum absolute atomic E-state index is 0.0254. The van der Waals surface area contributed by atoms with Gasteiger partial charge in [-0.1, -0.05) is 46.9 Å². The van der Waals surface area contributed by atoms with E-state index in [9.17, 15) is 5.11 Å². The summed E-state index contributed by atoms with van der Waals surface area (Å²) in [7, 11) is 1.57. The fourth-order valence-corrected chi connectivity index (χ4v) is 4.98. The standard InChI is InChI=1S/C25H26Cl3N3O2/c1-25(32,18-9-10-29-24(13-18)33-2)16-30-11-12-31(22-8-7-20(27)14-21(22)28)23(15-30)17-3-5-19(26)6-4-17/h3-10,13-14,23,32H,11-12,15-16H2,1-2H3/t23-,25+/m0/s1. The smallest absolute Gasteiger partial charge is 0.213 e. The SMILES string of the molecule is COc1cc([C@](C)(O)CN2CCN(c3ccc(Cl)cc3Cl)[C@H](c3ccc(Cl)cc3)C2)ccn1. The summed E-state index contributed by atoms with van der Waals surface area (Å²) in [6.45, 7) is 4.50. The molecule has 5 nitrogen and oxygen atoms in total. The average molecular weight is 507 g/mol. The number of aliphatic hydroxyl groups is 1. The van der Waals surface area contributed by atoms with Crippen molar-refractivity contribution in [3.8, 4) is 5.88 Å². The molecule has 4 rings (SSSR count).